The maximum Gasteiger partial charge on any atom is 0.227 e. The zero-order chi connectivity index (χ0) is 15.2. The molecule has 0 aromatic heterocycles. The first-order valence-corrected chi connectivity index (χ1v) is 7.07. The van der Waals surface area contributed by atoms with Gasteiger partial charge in [0.15, 0.2) is 0 Å². The molecule has 6 heteroatoms. The Hall–Kier alpha value is -2.08. The molecule has 1 saturated heterocycles. The summed E-state index contributed by atoms with van der Waals surface area (Å²) >= 11 is 0. The number of nitrogens with one attached hydrogen (secondary N) is 3. The van der Waals surface area contributed by atoms with Crippen LogP contribution in [-0.2, 0) is 9.59 Å². The Morgan fingerprint density at radius 3 is 2.57 bits per heavy atom. The van der Waals surface area contributed by atoms with Crippen LogP contribution in [0.25, 0.3) is 0 Å². The van der Waals surface area contributed by atoms with Gasteiger partial charge in [-0.15, -0.1) is 0 Å². The number of hydrogen-bond donors (Lipinski definition) is 3. The van der Waals surface area contributed by atoms with E-state index < -0.39 is 0 Å². The number of rotatable bonds is 4. The van der Waals surface area contributed by atoms with Gasteiger partial charge in [0, 0.05) is 18.5 Å². The van der Waals surface area contributed by atoms with Gasteiger partial charge in [-0.25, -0.2) is 0 Å². The first-order chi connectivity index (χ1) is 10.1. The van der Waals surface area contributed by atoms with E-state index in [1.165, 1.54) is 14.0 Å². The van der Waals surface area contributed by atoms with E-state index in [0.29, 0.717) is 17.1 Å². The van der Waals surface area contributed by atoms with Crippen molar-refractivity contribution < 1.29 is 14.3 Å². The van der Waals surface area contributed by atoms with Crippen LogP contribution in [0.15, 0.2) is 18.2 Å². The molecule has 21 heavy (non-hydrogen) atoms. The zero-order valence-electron chi connectivity index (χ0n) is 12.4. The third-order valence-electron chi connectivity index (χ3n) is 3.49. The van der Waals surface area contributed by atoms with Gasteiger partial charge in [0.2, 0.25) is 11.8 Å². The molecule has 1 fully saturated rings. The minimum absolute atomic E-state index is 0.0236. The highest BCUT2D eigenvalue weighted by atomic mass is 16.5. The van der Waals surface area contributed by atoms with Crippen LogP contribution in [0.5, 0.6) is 5.75 Å². The lowest BCUT2D eigenvalue weighted by atomic mass is 9.97. The molecule has 1 aliphatic heterocycles. The van der Waals surface area contributed by atoms with Crippen LogP contribution in [0.4, 0.5) is 11.4 Å². The molecule has 0 atom stereocenters. The van der Waals surface area contributed by atoms with E-state index in [4.69, 9.17) is 4.74 Å². The van der Waals surface area contributed by atoms with Crippen LogP contribution in [-0.4, -0.2) is 32.0 Å². The van der Waals surface area contributed by atoms with Crippen molar-refractivity contribution in [2.45, 2.75) is 19.8 Å². The second-order valence-electron chi connectivity index (χ2n) is 5.11. The Balaban J connectivity index is 2.08. The van der Waals surface area contributed by atoms with Crippen LogP contribution in [0.1, 0.15) is 19.8 Å². The minimum atomic E-state index is -0.185. The highest BCUT2D eigenvalue weighted by Gasteiger charge is 2.21. The van der Waals surface area contributed by atoms with Gasteiger partial charge in [-0.05, 0) is 44.1 Å². The minimum Gasteiger partial charge on any atom is -0.495 e. The predicted molar refractivity (Wildman–Crippen MR) is 81.5 cm³/mol. The number of anilines is 2. The second kappa shape index (κ2) is 7.08. The largest absolute Gasteiger partial charge is 0.495 e. The van der Waals surface area contributed by atoms with Crippen molar-refractivity contribution in [2.24, 2.45) is 5.92 Å². The van der Waals surface area contributed by atoms with E-state index in [-0.39, 0.29) is 17.7 Å². The molecule has 1 aliphatic rings. The van der Waals surface area contributed by atoms with Crippen molar-refractivity contribution in [3.05, 3.63) is 18.2 Å². The summed E-state index contributed by atoms with van der Waals surface area (Å²) in [6.45, 7) is 3.18. The molecule has 114 valence electrons. The molecule has 3 N–H and O–H groups in total. The maximum atomic E-state index is 12.2. The van der Waals surface area contributed by atoms with Crippen LogP contribution >= 0.6 is 0 Å². The molecule has 0 unspecified atom stereocenters. The van der Waals surface area contributed by atoms with Crippen LogP contribution < -0.4 is 20.7 Å². The normalized spacial score (nSPS) is 15.3. The fourth-order valence-electron chi connectivity index (χ4n) is 2.40. The van der Waals surface area contributed by atoms with Crippen LogP contribution in [0, 0.1) is 5.92 Å². The lowest BCUT2D eigenvalue weighted by molar-refractivity contribution is -0.120. The van der Waals surface area contributed by atoms with Crippen LogP contribution in [0.2, 0.25) is 0 Å². The average Bonchev–Trinajstić information content (AvgIpc) is 2.48. The zero-order valence-corrected chi connectivity index (χ0v) is 12.4. The number of amides is 2. The summed E-state index contributed by atoms with van der Waals surface area (Å²) < 4.78 is 5.19. The summed E-state index contributed by atoms with van der Waals surface area (Å²) in [4.78, 5) is 23.4. The fraction of sp³-hybridized carbons (Fsp3) is 0.467. The molecule has 1 heterocycles. The number of carbonyl (C=O) groups excluding carboxylic acids is 2. The Kier molecular flexibility index (Phi) is 5.16. The molecule has 1 aromatic carbocycles. The number of carbonyl (C=O) groups is 2. The van der Waals surface area contributed by atoms with Gasteiger partial charge in [-0.2, -0.15) is 0 Å². The Morgan fingerprint density at radius 1 is 1.24 bits per heavy atom. The van der Waals surface area contributed by atoms with E-state index in [2.05, 4.69) is 16.0 Å². The molecule has 2 amide bonds. The first kappa shape index (κ1) is 15.3. The highest BCUT2D eigenvalue weighted by Crippen LogP contribution is 2.28. The number of hydrogen-bond acceptors (Lipinski definition) is 4. The molecule has 6 nitrogen and oxygen atoms in total. The van der Waals surface area contributed by atoms with Crippen LogP contribution in [0.3, 0.4) is 0 Å². The van der Waals surface area contributed by atoms with Crippen molar-refractivity contribution in [3.63, 3.8) is 0 Å². The first-order valence-electron chi connectivity index (χ1n) is 7.07. The van der Waals surface area contributed by atoms with Gasteiger partial charge >= 0.3 is 0 Å². The van der Waals surface area contributed by atoms with Crippen molar-refractivity contribution in [1.29, 1.82) is 0 Å². The molecule has 0 spiro atoms. The number of methoxy groups -OCH3 is 1. The summed E-state index contributed by atoms with van der Waals surface area (Å²) in [5.74, 6) is 0.438. The predicted octanol–water partition coefficient (Wildman–Crippen LogP) is 1.59. The lowest BCUT2D eigenvalue weighted by Crippen LogP contribution is -2.34. The van der Waals surface area contributed by atoms with Crippen molar-refractivity contribution in [2.75, 3.05) is 30.8 Å². The van der Waals surface area contributed by atoms with Gasteiger partial charge in [0.25, 0.3) is 0 Å². The third-order valence-corrected chi connectivity index (χ3v) is 3.49. The van der Waals surface area contributed by atoms with Crippen molar-refractivity contribution in [1.82, 2.24) is 5.32 Å². The van der Waals surface area contributed by atoms with E-state index in [9.17, 15) is 9.59 Å². The van der Waals surface area contributed by atoms with Gasteiger partial charge in [-0.3, -0.25) is 9.59 Å². The number of piperidine rings is 1. The summed E-state index contributed by atoms with van der Waals surface area (Å²) in [7, 11) is 1.54. The summed E-state index contributed by atoms with van der Waals surface area (Å²) in [5, 5.41) is 8.83. The van der Waals surface area contributed by atoms with E-state index >= 15 is 0 Å². The Labute approximate surface area is 124 Å². The molecule has 0 saturated carbocycles. The molecule has 0 radical (unpaired) electrons. The van der Waals surface area contributed by atoms with Gasteiger partial charge in [0.05, 0.1) is 12.8 Å². The third kappa shape index (κ3) is 4.19. The van der Waals surface area contributed by atoms with Gasteiger partial charge < -0.3 is 20.7 Å². The average molecular weight is 291 g/mol. The lowest BCUT2D eigenvalue weighted by Gasteiger charge is -2.22. The SMILES string of the molecule is COc1ccc(NC(=O)C2CCNCC2)cc1NC(C)=O. The monoisotopic (exact) mass is 291 g/mol. The van der Waals surface area contributed by atoms with E-state index in [0.717, 1.165) is 25.9 Å². The quantitative estimate of drug-likeness (QED) is 0.787. The molecular formula is C15H21N3O3. The maximum absolute atomic E-state index is 12.2. The molecular weight excluding hydrogens is 270 g/mol. The smallest absolute Gasteiger partial charge is 0.227 e. The summed E-state index contributed by atoms with van der Waals surface area (Å²) in [5.41, 5.74) is 1.20. The van der Waals surface area contributed by atoms with E-state index in [1.54, 1.807) is 18.2 Å². The number of ether oxygens (including phenoxy) is 1. The highest BCUT2D eigenvalue weighted by molar-refractivity contribution is 5.95. The van der Waals surface area contributed by atoms with Gasteiger partial charge in [0.1, 0.15) is 5.75 Å². The molecule has 0 aliphatic carbocycles. The molecule has 2 rings (SSSR count). The standard InChI is InChI=1S/C15H21N3O3/c1-10(19)17-13-9-12(3-4-14(13)21-2)18-15(20)11-5-7-16-8-6-11/h3-4,9,11,16H,5-8H2,1-2H3,(H,17,19)(H,18,20). The summed E-state index contributed by atoms with van der Waals surface area (Å²) in [6.07, 6.45) is 1.70. The van der Waals surface area contributed by atoms with Gasteiger partial charge in [-0.1, -0.05) is 0 Å². The Bertz CT molecular complexity index is 525. The number of benzene rings is 1. The second-order valence-corrected chi connectivity index (χ2v) is 5.11. The molecule has 0 bridgehead atoms. The topological polar surface area (TPSA) is 79.5 Å². The Morgan fingerprint density at radius 2 is 1.95 bits per heavy atom. The van der Waals surface area contributed by atoms with Crippen molar-refractivity contribution >= 4 is 23.2 Å². The fourth-order valence-corrected chi connectivity index (χ4v) is 2.40. The van der Waals surface area contributed by atoms with E-state index in [1.807, 2.05) is 0 Å². The van der Waals surface area contributed by atoms with Crippen molar-refractivity contribution in [3.8, 4) is 5.75 Å². The summed E-state index contributed by atoms with van der Waals surface area (Å²) in [6, 6.07) is 5.20. The molecule has 1 aromatic rings.